The highest BCUT2D eigenvalue weighted by molar-refractivity contribution is 9.10. The first kappa shape index (κ1) is 15.5. The molecule has 1 amide bonds. The molecule has 2 N–H and O–H groups in total. The molecular weight excluding hydrogens is 320 g/mol. The molecule has 1 heterocycles. The molecule has 1 aromatic carbocycles. The number of anilines is 1. The van der Waals surface area contributed by atoms with Crippen LogP contribution in [0.2, 0.25) is 0 Å². The molecule has 20 heavy (non-hydrogen) atoms. The number of hydrogen-bond donors (Lipinski definition) is 2. The van der Waals surface area contributed by atoms with Gasteiger partial charge in [-0.05, 0) is 42.5 Å². The van der Waals surface area contributed by atoms with Crippen molar-refractivity contribution in [2.24, 2.45) is 5.41 Å². The van der Waals surface area contributed by atoms with Gasteiger partial charge in [0.15, 0.2) is 0 Å². The molecule has 0 spiro atoms. The summed E-state index contributed by atoms with van der Waals surface area (Å²) in [7, 11) is 0. The molecular formula is C15H21BrN2O2. The van der Waals surface area contributed by atoms with Crippen molar-refractivity contribution in [3.8, 4) is 0 Å². The molecule has 0 bridgehead atoms. The van der Waals surface area contributed by atoms with Crippen molar-refractivity contribution >= 4 is 27.5 Å². The maximum absolute atomic E-state index is 11.8. The van der Waals surface area contributed by atoms with Crippen LogP contribution in [0.1, 0.15) is 19.8 Å². The summed E-state index contributed by atoms with van der Waals surface area (Å²) < 4.78 is 6.37. The Morgan fingerprint density at radius 1 is 1.30 bits per heavy atom. The number of hydrogen-bond acceptors (Lipinski definition) is 3. The molecule has 1 aromatic rings. The van der Waals surface area contributed by atoms with Crippen LogP contribution in [0.4, 0.5) is 5.69 Å². The Bertz CT molecular complexity index is 442. The number of carbonyl (C=O) groups excluding carboxylic acids is 1. The minimum Gasteiger partial charge on any atom is -0.381 e. The Balaban J connectivity index is 1.71. The third kappa shape index (κ3) is 4.89. The summed E-state index contributed by atoms with van der Waals surface area (Å²) in [6.07, 6.45) is 2.10. The molecule has 0 unspecified atom stereocenters. The van der Waals surface area contributed by atoms with Crippen molar-refractivity contribution < 1.29 is 9.53 Å². The zero-order valence-electron chi connectivity index (χ0n) is 11.7. The van der Waals surface area contributed by atoms with Crippen LogP contribution in [-0.4, -0.2) is 32.2 Å². The van der Waals surface area contributed by atoms with E-state index in [4.69, 9.17) is 4.74 Å². The maximum Gasteiger partial charge on any atom is 0.238 e. The first-order valence-corrected chi connectivity index (χ1v) is 7.71. The second-order valence-electron chi connectivity index (χ2n) is 5.58. The second kappa shape index (κ2) is 7.20. The summed E-state index contributed by atoms with van der Waals surface area (Å²) in [6.45, 7) is 5.08. The summed E-state index contributed by atoms with van der Waals surface area (Å²) in [5, 5.41) is 6.12. The molecule has 0 aliphatic carbocycles. The van der Waals surface area contributed by atoms with Crippen molar-refractivity contribution in [3.05, 3.63) is 28.7 Å². The van der Waals surface area contributed by atoms with E-state index in [2.05, 4.69) is 33.5 Å². The number of amides is 1. The van der Waals surface area contributed by atoms with E-state index < -0.39 is 0 Å². The fourth-order valence-corrected chi connectivity index (χ4v) is 2.52. The van der Waals surface area contributed by atoms with Gasteiger partial charge in [-0.3, -0.25) is 4.79 Å². The van der Waals surface area contributed by atoms with Gasteiger partial charge in [0.1, 0.15) is 0 Å². The number of carbonyl (C=O) groups is 1. The zero-order chi connectivity index (χ0) is 14.4. The monoisotopic (exact) mass is 340 g/mol. The quantitative estimate of drug-likeness (QED) is 0.866. The van der Waals surface area contributed by atoms with Crippen LogP contribution >= 0.6 is 15.9 Å². The van der Waals surface area contributed by atoms with Crippen LogP contribution in [0.5, 0.6) is 0 Å². The number of benzene rings is 1. The lowest BCUT2D eigenvalue weighted by atomic mass is 9.82. The van der Waals surface area contributed by atoms with Gasteiger partial charge < -0.3 is 15.4 Å². The van der Waals surface area contributed by atoms with Gasteiger partial charge in [0.25, 0.3) is 0 Å². The SMILES string of the molecule is CC1(CNCC(=O)Nc2ccc(Br)cc2)CCOCC1. The van der Waals surface area contributed by atoms with E-state index in [9.17, 15) is 4.79 Å². The van der Waals surface area contributed by atoms with Crippen molar-refractivity contribution in [3.63, 3.8) is 0 Å². The van der Waals surface area contributed by atoms with Gasteiger partial charge in [0.2, 0.25) is 5.91 Å². The Kier molecular flexibility index (Phi) is 5.57. The first-order chi connectivity index (χ1) is 9.57. The fourth-order valence-electron chi connectivity index (χ4n) is 2.26. The van der Waals surface area contributed by atoms with Gasteiger partial charge in [-0.2, -0.15) is 0 Å². The summed E-state index contributed by atoms with van der Waals surface area (Å²) >= 11 is 3.37. The summed E-state index contributed by atoms with van der Waals surface area (Å²) in [5.41, 5.74) is 1.06. The number of rotatable bonds is 5. The van der Waals surface area contributed by atoms with Crippen molar-refractivity contribution in [1.29, 1.82) is 0 Å². The molecule has 0 saturated carbocycles. The van der Waals surface area contributed by atoms with Gasteiger partial charge in [-0.1, -0.05) is 22.9 Å². The summed E-state index contributed by atoms with van der Waals surface area (Å²) in [5.74, 6) is -0.0111. The third-order valence-corrected chi connectivity index (χ3v) is 4.19. The van der Waals surface area contributed by atoms with Crippen molar-refractivity contribution in [2.75, 3.05) is 31.6 Å². The van der Waals surface area contributed by atoms with E-state index in [0.717, 1.165) is 42.8 Å². The highest BCUT2D eigenvalue weighted by atomic mass is 79.9. The smallest absolute Gasteiger partial charge is 0.238 e. The molecule has 1 fully saturated rings. The van der Waals surface area contributed by atoms with Gasteiger partial charge in [-0.25, -0.2) is 0 Å². The predicted octanol–water partition coefficient (Wildman–Crippen LogP) is 2.79. The molecule has 0 atom stereocenters. The number of ether oxygens (including phenoxy) is 1. The molecule has 2 rings (SSSR count). The molecule has 1 saturated heterocycles. The Labute approximate surface area is 128 Å². The van der Waals surface area contributed by atoms with Crippen LogP contribution in [0, 0.1) is 5.41 Å². The lowest BCUT2D eigenvalue weighted by Crippen LogP contribution is -2.39. The minimum atomic E-state index is -0.0111. The van der Waals surface area contributed by atoms with Gasteiger partial charge in [0.05, 0.1) is 6.54 Å². The topological polar surface area (TPSA) is 50.4 Å². The van der Waals surface area contributed by atoms with E-state index in [1.54, 1.807) is 0 Å². The Morgan fingerprint density at radius 3 is 2.60 bits per heavy atom. The lowest BCUT2D eigenvalue weighted by Gasteiger charge is -2.33. The molecule has 110 valence electrons. The Morgan fingerprint density at radius 2 is 1.95 bits per heavy atom. The first-order valence-electron chi connectivity index (χ1n) is 6.91. The largest absolute Gasteiger partial charge is 0.381 e. The van der Waals surface area contributed by atoms with Gasteiger partial charge in [-0.15, -0.1) is 0 Å². The molecule has 5 heteroatoms. The molecule has 0 radical (unpaired) electrons. The van der Waals surface area contributed by atoms with Crippen LogP contribution in [0.25, 0.3) is 0 Å². The van der Waals surface area contributed by atoms with E-state index in [1.165, 1.54) is 0 Å². The Hall–Kier alpha value is -0.910. The van der Waals surface area contributed by atoms with E-state index in [1.807, 2.05) is 24.3 Å². The van der Waals surface area contributed by atoms with E-state index in [0.29, 0.717) is 6.54 Å². The molecule has 1 aliphatic heterocycles. The molecule has 4 nitrogen and oxygen atoms in total. The summed E-state index contributed by atoms with van der Waals surface area (Å²) in [4.78, 5) is 11.8. The zero-order valence-corrected chi connectivity index (χ0v) is 13.3. The average molecular weight is 341 g/mol. The fraction of sp³-hybridized carbons (Fsp3) is 0.533. The summed E-state index contributed by atoms with van der Waals surface area (Å²) in [6, 6.07) is 7.57. The van der Waals surface area contributed by atoms with Crippen LogP contribution in [-0.2, 0) is 9.53 Å². The van der Waals surface area contributed by atoms with E-state index in [-0.39, 0.29) is 11.3 Å². The highest BCUT2D eigenvalue weighted by Gasteiger charge is 2.26. The predicted molar refractivity (Wildman–Crippen MR) is 83.8 cm³/mol. The minimum absolute atomic E-state index is 0.0111. The van der Waals surface area contributed by atoms with Gasteiger partial charge in [0, 0.05) is 29.9 Å². The number of nitrogens with one attached hydrogen (secondary N) is 2. The highest BCUT2D eigenvalue weighted by Crippen LogP contribution is 2.28. The third-order valence-electron chi connectivity index (χ3n) is 3.67. The van der Waals surface area contributed by atoms with Crippen LogP contribution in [0.15, 0.2) is 28.7 Å². The van der Waals surface area contributed by atoms with E-state index >= 15 is 0 Å². The standard InChI is InChI=1S/C15H21BrN2O2/c1-15(6-8-20-9-7-15)11-17-10-14(19)18-13-4-2-12(16)3-5-13/h2-5,17H,6-11H2,1H3,(H,18,19). The van der Waals surface area contributed by atoms with Crippen LogP contribution in [0.3, 0.4) is 0 Å². The van der Waals surface area contributed by atoms with Crippen molar-refractivity contribution in [2.45, 2.75) is 19.8 Å². The normalized spacial score (nSPS) is 17.7. The lowest BCUT2D eigenvalue weighted by molar-refractivity contribution is -0.115. The van der Waals surface area contributed by atoms with Crippen LogP contribution < -0.4 is 10.6 Å². The molecule has 0 aromatic heterocycles. The van der Waals surface area contributed by atoms with Crippen molar-refractivity contribution in [1.82, 2.24) is 5.32 Å². The average Bonchev–Trinajstić information content (AvgIpc) is 2.42. The molecule has 1 aliphatic rings. The number of halogens is 1. The van der Waals surface area contributed by atoms with Gasteiger partial charge >= 0.3 is 0 Å². The maximum atomic E-state index is 11.8. The second-order valence-corrected chi connectivity index (χ2v) is 6.50.